The molecule has 0 bridgehead atoms. The Hall–Kier alpha value is -4.32. The van der Waals surface area contributed by atoms with E-state index >= 15 is 0 Å². The molecule has 0 saturated carbocycles. The van der Waals surface area contributed by atoms with E-state index in [0.717, 1.165) is 6.07 Å². The van der Waals surface area contributed by atoms with Gasteiger partial charge in [-0.25, -0.2) is 14.4 Å². The van der Waals surface area contributed by atoms with Gasteiger partial charge < -0.3 is 14.5 Å². The average Bonchev–Trinajstić information content (AvgIpc) is 3.04. The number of piperidine rings is 1. The molecule has 0 N–H and O–H groups in total. The number of ether oxygens (including phenoxy) is 1. The molecule has 1 fully saturated rings. The number of likely N-dealkylation sites (tertiary alicyclic amines) is 1. The van der Waals surface area contributed by atoms with Crippen molar-refractivity contribution in [3.63, 3.8) is 0 Å². The summed E-state index contributed by atoms with van der Waals surface area (Å²) in [5.74, 6) is -1.43. The second kappa shape index (κ2) is 13.4. The summed E-state index contributed by atoms with van der Waals surface area (Å²) in [6.07, 6.45) is -3.06. The lowest BCUT2D eigenvalue weighted by atomic mass is 9.95. The van der Waals surface area contributed by atoms with Crippen LogP contribution in [-0.4, -0.2) is 63.5 Å². The summed E-state index contributed by atoms with van der Waals surface area (Å²) in [6.45, 7) is 2.32. The van der Waals surface area contributed by atoms with Gasteiger partial charge in [-0.15, -0.1) is 0 Å². The average molecular weight is 632 g/mol. The Balaban J connectivity index is 1.57. The van der Waals surface area contributed by atoms with E-state index in [0.29, 0.717) is 43.0 Å². The number of nitrogens with zero attached hydrogens (tertiary/aromatic N) is 5. The lowest BCUT2D eigenvalue weighted by Crippen LogP contribution is -2.43. The Kier molecular flexibility index (Phi) is 8.36. The van der Waals surface area contributed by atoms with Crippen molar-refractivity contribution in [2.45, 2.75) is 45.3 Å². The van der Waals surface area contributed by atoms with Crippen molar-refractivity contribution < 1.29 is 31.2 Å². The highest BCUT2D eigenvalue weighted by atomic mass is 19.4. The second-order valence-corrected chi connectivity index (χ2v) is 11.1. The Morgan fingerprint density at radius 1 is 1.16 bits per heavy atom. The van der Waals surface area contributed by atoms with E-state index in [9.17, 15) is 27.2 Å². The molecular weight excluding hydrogens is 590 g/mol. The monoisotopic (exact) mass is 631 g/mol. The van der Waals surface area contributed by atoms with Gasteiger partial charge in [-0.1, -0.05) is 6.07 Å². The smallest absolute Gasteiger partial charge is 0.419 e. The lowest BCUT2D eigenvalue weighted by molar-refractivity contribution is -0.140. The summed E-state index contributed by atoms with van der Waals surface area (Å²) in [5.41, 5.74) is -1.37. The maximum absolute atomic E-state index is 14.1. The van der Waals surface area contributed by atoms with Gasteiger partial charge in [0.1, 0.15) is 17.4 Å². The van der Waals surface area contributed by atoms with Crippen molar-refractivity contribution in [3.05, 3.63) is 93.9 Å². The number of hydrogen-bond donors (Lipinski definition) is 0. The topological polar surface area (TPSA) is 80.6 Å². The van der Waals surface area contributed by atoms with Crippen LogP contribution in [0.4, 0.5) is 17.6 Å². The first-order valence-electron chi connectivity index (χ1n) is 16.2. The molecule has 12 heteroatoms. The molecule has 3 heterocycles. The molecule has 1 aliphatic rings. The molecular formula is C33H35F4N5O3. The molecule has 0 aliphatic carbocycles. The van der Waals surface area contributed by atoms with Crippen molar-refractivity contribution in [1.29, 1.82) is 0 Å². The fraction of sp³-hybridized carbons (Fsp3) is 0.394. The summed E-state index contributed by atoms with van der Waals surface area (Å²) < 4.78 is 84.7. The molecule has 0 spiro atoms. The highest BCUT2D eigenvalue weighted by Crippen LogP contribution is 2.33. The number of fused-ring (bicyclic) bond motifs is 1. The van der Waals surface area contributed by atoms with Crippen LogP contribution in [-0.2, 0) is 17.4 Å². The third-order valence-corrected chi connectivity index (χ3v) is 8.00. The Labute approximate surface area is 262 Å². The third kappa shape index (κ3) is 7.16. The lowest BCUT2D eigenvalue weighted by Gasteiger charge is -2.36. The van der Waals surface area contributed by atoms with E-state index in [4.69, 9.17) is 13.8 Å². The van der Waals surface area contributed by atoms with Crippen LogP contribution >= 0.6 is 0 Å². The number of carbonyl (C=O) groups excluding carboxylic acids is 1. The Bertz CT molecular complexity index is 1830. The number of aromatic nitrogens is 3. The minimum absolute atomic E-state index is 0.0415. The molecule has 45 heavy (non-hydrogen) atoms. The number of amides is 1. The SMILES string of the molecule is [3H]C([3H])([3H])N1CCC(CN(C(=O)Cc2ccc(F)c(C(F)(F)F)c2)C(C)c2nc3ncccc3c(=O)n2-c2ccc(OCC)cc2)CC1. The zero-order chi connectivity index (χ0) is 34.8. The van der Waals surface area contributed by atoms with Crippen molar-refractivity contribution in [2.75, 3.05) is 33.2 Å². The highest BCUT2D eigenvalue weighted by Gasteiger charge is 2.35. The summed E-state index contributed by atoms with van der Waals surface area (Å²) in [7, 11) is 0. The quantitative estimate of drug-likeness (QED) is 0.217. The molecule has 1 atom stereocenters. The molecule has 238 valence electrons. The normalized spacial score (nSPS) is 16.5. The van der Waals surface area contributed by atoms with Gasteiger partial charge in [0.05, 0.1) is 35.7 Å². The number of pyridine rings is 1. The number of carbonyl (C=O) groups is 1. The van der Waals surface area contributed by atoms with E-state index in [2.05, 4.69) is 4.98 Å². The summed E-state index contributed by atoms with van der Waals surface area (Å²) >= 11 is 0. The predicted octanol–water partition coefficient (Wildman–Crippen LogP) is 5.81. The van der Waals surface area contributed by atoms with Gasteiger partial charge in [0.2, 0.25) is 5.91 Å². The molecule has 8 nitrogen and oxygen atoms in total. The molecule has 4 aromatic rings. The van der Waals surface area contributed by atoms with Crippen LogP contribution in [0.15, 0.2) is 65.6 Å². The summed E-state index contributed by atoms with van der Waals surface area (Å²) in [6, 6.07) is 11.5. The van der Waals surface area contributed by atoms with Crippen molar-refractivity contribution in [2.24, 2.45) is 5.92 Å². The standard InChI is InChI=1S/C33H35F4N5O3/c1-4-45-25-10-8-24(9-11-25)42-31(39-30-26(32(42)44)6-5-15-38-30)21(2)41(20-22-13-16-40(3)17-14-22)29(43)19-23-7-12-28(34)27(18-23)33(35,36)37/h5-12,15,18,21-22H,4,13-14,16-17,19-20H2,1-3H3/i3T3. The minimum atomic E-state index is -4.96. The van der Waals surface area contributed by atoms with Crippen LogP contribution < -0.4 is 10.3 Å². The Morgan fingerprint density at radius 3 is 2.56 bits per heavy atom. The van der Waals surface area contributed by atoms with E-state index in [1.165, 1.54) is 20.6 Å². The maximum atomic E-state index is 14.1. The molecule has 2 aromatic heterocycles. The van der Waals surface area contributed by atoms with E-state index in [1.54, 1.807) is 43.3 Å². The highest BCUT2D eigenvalue weighted by molar-refractivity contribution is 5.79. The van der Waals surface area contributed by atoms with Gasteiger partial charge in [-0.3, -0.25) is 14.2 Å². The first-order chi connectivity index (χ1) is 22.7. The van der Waals surface area contributed by atoms with Crippen molar-refractivity contribution >= 4 is 16.9 Å². The summed E-state index contributed by atoms with van der Waals surface area (Å²) in [4.78, 5) is 39.9. The minimum Gasteiger partial charge on any atom is -0.494 e. The van der Waals surface area contributed by atoms with Gasteiger partial charge in [0.15, 0.2) is 5.65 Å². The van der Waals surface area contributed by atoms with Gasteiger partial charge in [-0.2, -0.15) is 13.2 Å². The van der Waals surface area contributed by atoms with E-state index in [-0.39, 0.29) is 48.0 Å². The fourth-order valence-electron chi connectivity index (χ4n) is 5.61. The third-order valence-electron chi connectivity index (χ3n) is 8.00. The zero-order valence-electron chi connectivity index (χ0n) is 27.9. The van der Waals surface area contributed by atoms with E-state index in [1.807, 2.05) is 6.92 Å². The van der Waals surface area contributed by atoms with Crippen LogP contribution in [0.5, 0.6) is 5.75 Å². The van der Waals surface area contributed by atoms with Crippen LogP contribution in [0, 0.1) is 11.7 Å². The summed E-state index contributed by atoms with van der Waals surface area (Å²) in [5, 5.41) is 0.239. The van der Waals surface area contributed by atoms with Crippen molar-refractivity contribution in [3.8, 4) is 11.4 Å². The maximum Gasteiger partial charge on any atom is 0.419 e. The first-order valence-corrected chi connectivity index (χ1v) is 14.7. The number of alkyl halides is 3. The molecule has 1 unspecified atom stereocenters. The van der Waals surface area contributed by atoms with Crippen LogP contribution in [0.2, 0.25) is 0 Å². The molecule has 0 radical (unpaired) electrons. The largest absolute Gasteiger partial charge is 0.494 e. The zero-order valence-corrected chi connectivity index (χ0v) is 24.9. The van der Waals surface area contributed by atoms with Crippen LogP contribution in [0.3, 0.4) is 0 Å². The Morgan fingerprint density at radius 2 is 1.89 bits per heavy atom. The molecule has 1 amide bonds. The van der Waals surface area contributed by atoms with Crippen LogP contribution in [0.1, 0.15) is 53.8 Å². The molecule has 2 aromatic carbocycles. The predicted molar refractivity (Wildman–Crippen MR) is 162 cm³/mol. The number of rotatable bonds is 9. The van der Waals surface area contributed by atoms with E-state index < -0.39 is 48.5 Å². The second-order valence-electron chi connectivity index (χ2n) is 11.1. The number of hydrogen-bond acceptors (Lipinski definition) is 6. The molecule has 5 rings (SSSR count). The molecule has 1 saturated heterocycles. The van der Waals surface area contributed by atoms with Gasteiger partial charge in [0.25, 0.3) is 5.56 Å². The van der Waals surface area contributed by atoms with Crippen molar-refractivity contribution in [1.82, 2.24) is 24.3 Å². The number of halogens is 4. The number of benzene rings is 2. The van der Waals surface area contributed by atoms with Crippen LogP contribution in [0.25, 0.3) is 16.7 Å². The fourth-order valence-corrected chi connectivity index (χ4v) is 5.61. The first kappa shape index (κ1) is 28.2. The molecule has 1 aliphatic heterocycles. The van der Waals surface area contributed by atoms with Gasteiger partial charge >= 0.3 is 6.18 Å². The van der Waals surface area contributed by atoms with Gasteiger partial charge in [-0.05, 0) is 107 Å². The van der Waals surface area contributed by atoms with Gasteiger partial charge in [0, 0.05) is 16.9 Å².